The maximum absolute atomic E-state index is 3.48. The van der Waals surface area contributed by atoms with Gasteiger partial charge in [0.2, 0.25) is 0 Å². The number of nitrogens with zero attached hydrogens (tertiary/aromatic N) is 2. The third-order valence-electron chi connectivity index (χ3n) is 4.09. The van der Waals surface area contributed by atoms with Crippen LogP contribution in [0.4, 0.5) is 0 Å². The molecule has 0 spiro atoms. The van der Waals surface area contributed by atoms with Crippen LogP contribution in [0.5, 0.6) is 0 Å². The molecule has 1 aliphatic heterocycles. The minimum absolute atomic E-state index is 0.474. The number of hydrogen-bond acceptors (Lipinski definition) is 3. The van der Waals surface area contributed by atoms with Crippen molar-refractivity contribution in [2.24, 2.45) is 0 Å². The molecule has 100 valence electrons. The summed E-state index contributed by atoms with van der Waals surface area (Å²) < 4.78 is 0. The number of nitrogens with one attached hydrogen (secondary N) is 1. The number of likely N-dealkylation sites (N-methyl/N-ethyl adjacent to an activating group) is 2. The number of benzene rings is 1. The second-order valence-electron chi connectivity index (χ2n) is 5.36. The van der Waals surface area contributed by atoms with E-state index in [1.54, 1.807) is 0 Å². The van der Waals surface area contributed by atoms with Crippen LogP contribution >= 0.6 is 0 Å². The zero-order chi connectivity index (χ0) is 13.0. The van der Waals surface area contributed by atoms with Gasteiger partial charge in [0, 0.05) is 38.3 Å². The number of hydrogen-bond donors (Lipinski definition) is 1. The van der Waals surface area contributed by atoms with E-state index in [1.165, 1.54) is 5.56 Å². The van der Waals surface area contributed by atoms with Gasteiger partial charge in [0.15, 0.2) is 0 Å². The summed E-state index contributed by atoms with van der Waals surface area (Å²) in [6, 6.07) is 11.8. The smallest absolute Gasteiger partial charge is 0.0345 e. The highest BCUT2D eigenvalue weighted by molar-refractivity contribution is 5.18. The lowest BCUT2D eigenvalue weighted by Gasteiger charge is -2.37. The lowest BCUT2D eigenvalue weighted by molar-refractivity contribution is 0.134. The summed E-state index contributed by atoms with van der Waals surface area (Å²) in [4.78, 5) is 4.91. The van der Waals surface area contributed by atoms with E-state index in [0.717, 1.165) is 26.2 Å². The highest BCUT2D eigenvalue weighted by atomic mass is 15.2. The molecule has 18 heavy (non-hydrogen) atoms. The first-order valence-electron chi connectivity index (χ1n) is 6.84. The predicted molar refractivity (Wildman–Crippen MR) is 76.8 cm³/mol. The fourth-order valence-corrected chi connectivity index (χ4v) is 2.54. The molecule has 0 bridgehead atoms. The van der Waals surface area contributed by atoms with Crippen molar-refractivity contribution in [1.82, 2.24) is 15.1 Å². The quantitative estimate of drug-likeness (QED) is 0.871. The van der Waals surface area contributed by atoms with Crippen molar-refractivity contribution < 1.29 is 0 Å². The van der Waals surface area contributed by atoms with Crippen molar-refractivity contribution in [2.75, 3.05) is 40.3 Å². The average molecular weight is 247 g/mol. The van der Waals surface area contributed by atoms with Crippen LogP contribution in [-0.2, 0) is 0 Å². The molecule has 1 fully saturated rings. The van der Waals surface area contributed by atoms with Gasteiger partial charge in [-0.1, -0.05) is 30.3 Å². The van der Waals surface area contributed by atoms with E-state index in [0.29, 0.717) is 12.1 Å². The second-order valence-corrected chi connectivity index (χ2v) is 5.36. The standard InChI is InChI=1S/C15H25N3/c1-13(14-7-5-4-6-8-14)18(3)12-15-11-16-9-10-17(15)2/h4-8,13,15-16H,9-12H2,1-3H3. The molecular weight excluding hydrogens is 222 g/mol. The average Bonchev–Trinajstić information content (AvgIpc) is 2.41. The molecule has 0 amide bonds. The van der Waals surface area contributed by atoms with Crippen molar-refractivity contribution in [1.29, 1.82) is 0 Å². The van der Waals surface area contributed by atoms with Crippen molar-refractivity contribution in [3.8, 4) is 0 Å². The molecule has 3 heteroatoms. The van der Waals surface area contributed by atoms with E-state index in [9.17, 15) is 0 Å². The SMILES string of the molecule is CC(c1ccccc1)N(C)CC1CNCCN1C. The molecule has 0 aromatic heterocycles. The summed E-state index contributed by atoms with van der Waals surface area (Å²) in [6.45, 7) is 6.76. The van der Waals surface area contributed by atoms with Crippen LogP contribution in [0.2, 0.25) is 0 Å². The van der Waals surface area contributed by atoms with Gasteiger partial charge >= 0.3 is 0 Å². The van der Waals surface area contributed by atoms with E-state index in [1.807, 2.05) is 0 Å². The van der Waals surface area contributed by atoms with Gasteiger partial charge in [0.05, 0.1) is 0 Å². The van der Waals surface area contributed by atoms with Crippen LogP contribution in [0.3, 0.4) is 0 Å². The van der Waals surface area contributed by atoms with Crippen LogP contribution in [0.25, 0.3) is 0 Å². The summed E-state index contributed by atoms with van der Waals surface area (Å²) >= 11 is 0. The van der Waals surface area contributed by atoms with Crippen LogP contribution in [0.15, 0.2) is 30.3 Å². The van der Waals surface area contributed by atoms with E-state index in [2.05, 4.69) is 66.5 Å². The lowest BCUT2D eigenvalue weighted by atomic mass is 10.1. The Morgan fingerprint density at radius 1 is 1.39 bits per heavy atom. The normalized spacial score (nSPS) is 23.2. The molecule has 3 nitrogen and oxygen atoms in total. The van der Waals surface area contributed by atoms with Crippen molar-refractivity contribution in [3.63, 3.8) is 0 Å². The minimum Gasteiger partial charge on any atom is -0.314 e. The molecule has 1 aromatic carbocycles. The molecule has 1 heterocycles. The molecule has 1 N–H and O–H groups in total. The van der Waals surface area contributed by atoms with Crippen LogP contribution in [0.1, 0.15) is 18.5 Å². The maximum Gasteiger partial charge on any atom is 0.0345 e. The Bertz CT molecular complexity index is 352. The van der Waals surface area contributed by atoms with Crippen LogP contribution in [0, 0.1) is 0 Å². The molecule has 1 saturated heterocycles. The molecule has 0 saturated carbocycles. The van der Waals surface area contributed by atoms with Gasteiger partial charge in [-0.25, -0.2) is 0 Å². The van der Waals surface area contributed by atoms with Crippen molar-refractivity contribution >= 4 is 0 Å². The number of rotatable bonds is 4. The minimum atomic E-state index is 0.474. The first kappa shape index (κ1) is 13.5. The number of piperazine rings is 1. The lowest BCUT2D eigenvalue weighted by Crippen LogP contribution is -2.53. The van der Waals surface area contributed by atoms with Gasteiger partial charge in [-0.3, -0.25) is 9.80 Å². The third-order valence-corrected chi connectivity index (χ3v) is 4.09. The van der Waals surface area contributed by atoms with E-state index < -0.39 is 0 Å². The van der Waals surface area contributed by atoms with Crippen LogP contribution in [-0.4, -0.2) is 56.1 Å². The summed E-state index contributed by atoms with van der Waals surface area (Å²) in [6.07, 6.45) is 0. The summed E-state index contributed by atoms with van der Waals surface area (Å²) in [5, 5.41) is 3.48. The van der Waals surface area contributed by atoms with Gasteiger partial charge in [-0.15, -0.1) is 0 Å². The Kier molecular flexibility index (Phi) is 4.75. The molecule has 2 rings (SSSR count). The fraction of sp³-hybridized carbons (Fsp3) is 0.600. The van der Waals surface area contributed by atoms with E-state index in [-0.39, 0.29) is 0 Å². The fourth-order valence-electron chi connectivity index (χ4n) is 2.54. The molecule has 2 unspecified atom stereocenters. The predicted octanol–water partition coefficient (Wildman–Crippen LogP) is 1.58. The zero-order valence-electron chi connectivity index (χ0n) is 11.8. The Morgan fingerprint density at radius 3 is 2.78 bits per heavy atom. The largest absolute Gasteiger partial charge is 0.314 e. The van der Waals surface area contributed by atoms with Gasteiger partial charge in [-0.05, 0) is 26.6 Å². The zero-order valence-corrected chi connectivity index (χ0v) is 11.8. The first-order valence-corrected chi connectivity index (χ1v) is 6.84. The highest BCUT2D eigenvalue weighted by Gasteiger charge is 2.22. The second kappa shape index (κ2) is 6.32. The molecular formula is C15H25N3. The maximum atomic E-state index is 3.48. The topological polar surface area (TPSA) is 18.5 Å². The summed E-state index contributed by atoms with van der Waals surface area (Å²) in [7, 11) is 4.45. The van der Waals surface area contributed by atoms with Crippen molar-refractivity contribution in [2.45, 2.75) is 19.0 Å². The molecule has 0 radical (unpaired) electrons. The highest BCUT2D eigenvalue weighted by Crippen LogP contribution is 2.19. The molecule has 0 aliphatic carbocycles. The Morgan fingerprint density at radius 2 is 2.11 bits per heavy atom. The summed E-state index contributed by atoms with van der Waals surface area (Å²) in [5.74, 6) is 0. The van der Waals surface area contributed by atoms with E-state index >= 15 is 0 Å². The Balaban J connectivity index is 1.93. The van der Waals surface area contributed by atoms with Crippen molar-refractivity contribution in [3.05, 3.63) is 35.9 Å². The molecule has 1 aromatic rings. The van der Waals surface area contributed by atoms with Gasteiger partial charge in [0.25, 0.3) is 0 Å². The molecule has 1 aliphatic rings. The van der Waals surface area contributed by atoms with Gasteiger partial charge < -0.3 is 5.32 Å². The first-order chi connectivity index (χ1) is 8.68. The van der Waals surface area contributed by atoms with Gasteiger partial charge in [0.1, 0.15) is 0 Å². The monoisotopic (exact) mass is 247 g/mol. The molecule has 2 atom stereocenters. The Labute approximate surface area is 111 Å². The Hall–Kier alpha value is -0.900. The van der Waals surface area contributed by atoms with Crippen LogP contribution < -0.4 is 5.32 Å². The van der Waals surface area contributed by atoms with E-state index in [4.69, 9.17) is 0 Å². The summed E-state index contributed by atoms with van der Waals surface area (Å²) in [5.41, 5.74) is 1.39. The third kappa shape index (κ3) is 3.31. The van der Waals surface area contributed by atoms with Gasteiger partial charge in [-0.2, -0.15) is 0 Å².